The zero-order valence-electron chi connectivity index (χ0n) is 9.79. The fourth-order valence-corrected chi connectivity index (χ4v) is 0.932. The number of ether oxygens (including phenoxy) is 1. The summed E-state index contributed by atoms with van der Waals surface area (Å²) in [6.45, 7) is 8.47. The summed E-state index contributed by atoms with van der Waals surface area (Å²) in [5.74, 6) is -1.56. The van der Waals surface area contributed by atoms with Crippen molar-refractivity contribution < 1.29 is 19.4 Å². The minimum Gasteiger partial charge on any atom is -0.548 e. The van der Waals surface area contributed by atoms with Crippen molar-refractivity contribution in [3.8, 4) is 0 Å². The third-order valence-electron chi connectivity index (χ3n) is 1.59. The van der Waals surface area contributed by atoms with E-state index in [-0.39, 0.29) is 5.92 Å². The minimum atomic E-state index is -1.31. The van der Waals surface area contributed by atoms with E-state index in [1.807, 2.05) is 0 Å². The second-order valence-corrected chi connectivity index (χ2v) is 4.69. The Labute approximate surface area is 89.8 Å². The van der Waals surface area contributed by atoms with Gasteiger partial charge in [-0.05, 0) is 26.7 Å². The van der Waals surface area contributed by atoms with E-state index in [9.17, 15) is 14.7 Å². The molecule has 0 aliphatic heterocycles. The van der Waals surface area contributed by atoms with E-state index >= 15 is 0 Å². The van der Waals surface area contributed by atoms with Crippen LogP contribution in [-0.2, 0) is 9.53 Å². The molecule has 0 aliphatic rings. The van der Waals surface area contributed by atoms with Crippen molar-refractivity contribution in [1.82, 2.24) is 5.32 Å². The van der Waals surface area contributed by atoms with Crippen molar-refractivity contribution >= 4 is 12.1 Å². The number of amides is 1. The van der Waals surface area contributed by atoms with Gasteiger partial charge in [-0.3, -0.25) is 0 Å². The lowest BCUT2D eigenvalue weighted by molar-refractivity contribution is -0.309. The molecule has 5 nitrogen and oxygen atoms in total. The van der Waals surface area contributed by atoms with Crippen LogP contribution < -0.4 is 10.4 Å². The summed E-state index contributed by atoms with van der Waals surface area (Å²) < 4.78 is 4.93. The van der Waals surface area contributed by atoms with Crippen molar-refractivity contribution in [1.29, 1.82) is 0 Å². The molecule has 15 heavy (non-hydrogen) atoms. The smallest absolute Gasteiger partial charge is 0.408 e. The molecule has 0 unspecified atom stereocenters. The molecular formula is C10H18NO4-. The molecule has 0 radical (unpaired) electrons. The standard InChI is InChI=1S/C10H19NO4/c1-6(2)7(8(12)13)11-9(14)15-10(3,4)5/h6-7H,1-5H3,(H,11,14)(H,12,13)/p-1/t7-/m1/s1. The summed E-state index contributed by atoms with van der Waals surface area (Å²) in [5.41, 5.74) is -0.641. The third-order valence-corrected chi connectivity index (χ3v) is 1.59. The van der Waals surface area contributed by atoms with Crippen molar-refractivity contribution in [2.24, 2.45) is 5.92 Å². The topological polar surface area (TPSA) is 78.5 Å². The SMILES string of the molecule is CC(C)[C@@H](NC(=O)OC(C)(C)C)C(=O)[O-]. The summed E-state index contributed by atoms with van der Waals surface area (Å²) in [7, 11) is 0. The van der Waals surface area contributed by atoms with Crippen molar-refractivity contribution in [3.63, 3.8) is 0 Å². The van der Waals surface area contributed by atoms with Crippen molar-refractivity contribution in [2.75, 3.05) is 0 Å². The Morgan fingerprint density at radius 2 is 1.73 bits per heavy atom. The van der Waals surface area contributed by atoms with E-state index in [2.05, 4.69) is 5.32 Å². The first-order valence-corrected chi connectivity index (χ1v) is 4.84. The number of carboxylic acid groups (broad SMARTS) is 1. The molecule has 0 rings (SSSR count). The van der Waals surface area contributed by atoms with Gasteiger partial charge in [-0.2, -0.15) is 0 Å². The number of alkyl carbamates (subject to hydrolysis) is 1. The molecule has 0 aliphatic carbocycles. The number of carbonyl (C=O) groups is 2. The van der Waals surface area contributed by atoms with E-state index in [1.165, 1.54) is 0 Å². The maximum Gasteiger partial charge on any atom is 0.408 e. The first-order chi connectivity index (χ1) is 6.63. The van der Waals surface area contributed by atoms with Gasteiger partial charge in [0.25, 0.3) is 0 Å². The maximum atomic E-state index is 11.3. The number of hydrogen-bond donors (Lipinski definition) is 1. The molecule has 0 aromatic carbocycles. The van der Waals surface area contributed by atoms with E-state index in [0.717, 1.165) is 0 Å². The van der Waals surface area contributed by atoms with Gasteiger partial charge >= 0.3 is 6.09 Å². The van der Waals surface area contributed by atoms with E-state index in [1.54, 1.807) is 34.6 Å². The highest BCUT2D eigenvalue weighted by molar-refractivity contribution is 5.78. The highest BCUT2D eigenvalue weighted by Gasteiger charge is 2.21. The van der Waals surface area contributed by atoms with Gasteiger partial charge in [-0.25, -0.2) is 4.79 Å². The Kier molecular flexibility index (Phi) is 4.58. The highest BCUT2D eigenvalue weighted by Crippen LogP contribution is 2.08. The van der Waals surface area contributed by atoms with Gasteiger partial charge in [0.2, 0.25) is 0 Å². The van der Waals surface area contributed by atoms with Crippen LogP contribution in [0.2, 0.25) is 0 Å². The van der Waals surface area contributed by atoms with Gasteiger partial charge in [0.15, 0.2) is 0 Å². The second kappa shape index (κ2) is 5.00. The highest BCUT2D eigenvalue weighted by atomic mass is 16.6. The number of hydrogen-bond acceptors (Lipinski definition) is 4. The molecule has 0 saturated carbocycles. The summed E-state index contributed by atoms with van der Waals surface area (Å²) in [4.78, 5) is 21.9. The van der Waals surface area contributed by atoms with E-state index in [0.29, 0.717) is 0 Å². The Morgan fingerprint density at radius 1 is 1.27 bits per heavy atom. The first kappa shape index (κ1) is 13.7. The Bertz CT molecular complexity index is 242. The number of nitrogens with one attached hydrogen (secondary N) is 1. The van der Waals surface area contributed by atoms with Crippen LogP contribution in [0.1, 0.15) is 34.6 Å². The lowest BCUT2D eigenvalue weighted by Gasteiger charge is -2.26. The van der Waals surface area contributed by atoms with E-state index < -0.39 is 23.7 Å². The molecule has 5 heteroatoms. The van der Waals surface area contributed by atoms with Gasteiger partial charge in [-0.15, -0.1) is 0 Å². The van der Waals surface area contributed by atoms with Crippen LogP contribution in [0.5, 0.6) is 0 Å². The fraction of sp³-hybridized carbons (Fsp3) is 0.800. The molecule has 1 N–H and O–H groups in total. The normalized spacial score (nSPS) is 13.5. The van der Waals surface area contributed by atoms with Crippen LogP contribution >= 0.6 is 0 Å². The molecule has 0 spiro atoms. The molecule has 0 fully saturated rings. The maximum absolute atomic E-state index is 11.3. The Balaban J connectivity index is 4.31. The van der Waals surface area contributed by atoms with Gasteiger partial charge in [0.05, 0.1) is 12.0 Å². The van der Waals surface area contributed by atoms with Gasteiger partial charge in [0.1, 0.15) is 5.60 Å². The molecule has 0 aromatic heterocycles. The Morgan fingerprint density at radius 3 is 2.00 bits per heavy atom. The lowest BCUT2D eigenvalue weighted by atomic mass is 10.1. The largest absolute Gasteiger partial charge is 0.548 e. The van der Waals surface area contributed by atoms with Crippen molar-refractivity contribution in [3.05, 3.63) is 0 Å². The molecule has 0 heterocycles. The van der Waals surface area contributed by atoms with Crippen molar-refractivity contribution in [2.45, 2.75) is 46.3 Å². The predicted octanol–water partition coefficient (Wildman–Crippen LogP) is 0.286. The average molecular weight is 216 g/mol. The number of carbonyl (C=O) groups excluding carboxylic acids is 2. The summed E-state index contributed by atoms with van der Waals surface area (Å²) in [6, 6.07) is -1.03. The summed E-state index contributed by atoms with van der Waals surface area (Å²) in [6.07, 6.45) is -0.745. The van der Waals surface area contributed by atoms with E-state index in [4.69, 9.17) is 4.74 Å². The second-order valence-electron chi connectivity index (χ2n) is 4.69. The monoisotopic (exact) mass is 216 g/mol. The zero-order chi connectivity index (χ0) is 12.2. The quantitative estimate of drug-likeness (QED) is 0.735. The van der Waals surface area contributed by atoms with Crippen LogP contribution in [0.3, 0.4) is 0 Å². The molecule has 0 saturated heterocycles. The fourth-order valence-electron chi connectivity index (χ4n) is 0.932. The van der Waals surface area contributed by atoms with Crippen LogP contribution in [0.15, 0.2) is 0 Å². The third kappa shape index (κ3) is 5.93. The van der Waals surface area contributed by atoms with Crippen LogP contribution in [0, 0.1) is 5.92 Å². The Hall–Kier alpha value is -1.26. The van der Waals surface area contributed by atoms with Crippen LogP contribution in [-0.4, -0.2) is 23.7 Å². The number of carboxylic acids is 1. The first-order valence-electron chi connectivity index (χ1n) is 4.84. The summed E-state index contributed by atoms with van der Waals surface area (Å²) >= 11 is 0. The van der Waals surface area contributed by atoms with Gasteiger partial charge in [0, 0.05) is 0 Å². The summed E-state index contributed by atoms with van der Waals surface area (Å²) in [5, 5.41) is 12.9. The number of aliphatic carboxylic acids is 1. The molecule has 1 amide bonds. The zero-order valence-corrected chi connectivity index (χ0v) is 9.79. The number of rotatable bonds is 3. The van der Waals surface area contributed by atoms with Gasteiger partial charge in [-0.1, -0.05) is 13.8 Å². The minimum absolute atomic E-state index is 0.248. The van der Waals surface area contributed by atoms with Gasteiger partial charge < -0.3 is 20.0 Å². The predicted molar refractivity (Wildman–Crippen MR) is 53.0 cm³/mol. The molecular weight excluding hydrogens is 198 g/mol. The molecule has 88 valence electrons. The molecule has 0 aromatic rings. The average Bonchev–Trinajstić information content (AvgIpc) is 1.95. The van der Waals surface area contributed by atoms with Crippen LogP contribution in [0.4, 0.5) is 4.79 Å². The lowest BCUT2D eigenvalue weighted by Crippen LogP contribution is -2.51. The van der Waals surface area contributed by atoms with Crippen LogP contribution in [0.25, 0.3) is 0 Å². The molecule has 1 atom stereocenters. The molecule has 0 bridgehead atoms.